The van der Waals surface area contributed by atoms with Crippen molar-refractivity contribution < 1.29 is 9.53 Å². The molecule has 2 atom stereocenters. The summed E-state index contributed by atoms with van der Waals surface area (Å²) in [5.41, 5.74) is -0.390. The minimum absolute atomic E-state index is 0.00661. The average molecular weight is 269 g/mol. The van der Waals surface area contributed by atoms with Gasteiger partial charge in [-0.3, -0.25) is 9.69 Å². The molecule has 5 nitrogen and oxygen atoms in total. The van der Waals surface area contributed by atoms with E-state index in [0.717, 1.165) is 45.7 Å². The first-order valence-electron chi connectivity index (χ1n) is 7.34. The zero-order valence-electron chi connectivity index (χ0n) is 12.4. The maximum absolute atomic E-state index is 12.1. The van der Waals surface area contributed by atoms with Gasteiger partial charge < -0.3 is 15.4 Å². The van der Waals surface area contributed by atoms with Crippen LogP contribution in [0.2, 0.25) is 0 Å². The standard InChI is InChI=1S/C14H27N3O2/c1-14(2,3)19-13(18)11-8-12(10-16-9-11)17-6-4-15-5-7-17/h11-12,15-16H,4-10H2,1-3H3/t11-,12+/m1/s1. The lowest BCUT2D eigenvalue weighted by atomic mass is 9.94. The molecule has 110 valence electrons. The van der Waals surface area contributed by atoms with E-state index < -0.39 is 0 Å². The summed E-state index contributed by atoms with van der Waals surface area (Å²) in [6.07, 6.45) is 0.919. The summed E-state index contributed by atoms with van der Waals surface area (Å²) in [7, 11) is 0. The lowest BCUT2D eigenvalue weighted by Crippen LogP contribution is -2.56. The first-order valence-corrected chi connectivity index (χ1v) is 7.34. The molecule has 0 bridgehead atoms. The molecule has 0 aliphatic carbocycles. The fourth-order valence-corrected chi connectivity index (χ4v) is 2.81. The van der Waals surface area contributed by atoms with Crippen LogP contribution in [0.4, 0.5) is 0 Å². The van der Waals surface area contributed by atoms with Crippen molar-refractivity contribution in [1.82, 2.24) is 15.5 Å². The predicted octanol–water partition coefficient (Wildman–Crippen LogP) is 0.211. The van der Waals surface area contributed by atoms with Gasteiger partial charge in [-0.05, 0) is 27.2 Å². The molecular formula is C14H27N3O2. The Morgan fingerprint density at radius 2 is 1.84 bits per heavy atom. The predicted molar refractivity (Wildman–Crippen MR) is 75.1 cm³/mol. The van der Waals surface area contributed by atoms with E-state index in [9.17, 15) is 4.79 Å². The van der Waals surface area contributed by atoms with Gasteiger partial charge in [-0.2, -0.15) is 0 Å². The molecule has 2 N–H and O–H groups in total. The van der Waals surface area contributed by atoms with Crippen LogP contribution in [0.15, 0.2) is 0 Å². The van der Waals surface area contributed by atoms with E-state index in [2.05, 4.69) is 15.5 Å². The van der Waals surface area contributed by atoms with Gasteiger partial charge in [0.05, 0.1) is 5.92 Å². The maximum atomic E-state index is 12.1. The Morgan fingerprint density at radius 3 is 2.47 bits per heavy atom. The van der Waals surface area contributed by atoms with Gasteiger partial charge in [-0.25, -0.2) is 0 Å². The topological polar surface area (TPSA) is 53.6 Å². The van der Waals surface area contributed by atoms with Crippen molar-refractivity contribution in [2.24, 2.45) is 5.92 Å². The number of esters is 1. The van der Waals surface area contributed by atoms with Crippen molar-refractivity contribution >= 4 is 5.97 Å². The van der Waals surface area contributed by atoms with E-state index in [1.165, 1.54) is 0 Å². The van der Waals surface area contributed by atoms with Gasteiger partial charge in [0.15, 0.2) is 0 Å². The SMILES string of the molecule is CC(C)(C)OC(=O)[C@H]1CNC[C@@H](N2CCNCC2)C1. The lowest BCUT2D eigenvalue weighted by Gasteiger charge is -2.39. The van der Waals surface area contributed by atoms with Crippen molar-refractivity contribution in [3.63, 3.8) is 0 Å². The van der Waals surface area contributed by atoms with Crippen LogP contribution in [0.25, 0.3) is 0 Å². The second-order valence-electron chi connectivity index (χ2n) is 6.56. The molecule has 0 radical (unpaired) electrons. The number of rotatable bonds is 2. The third kappa shape index (κ3) is 4.44. The number of ether oxygens (including phenoxy) is 1. The second kappa shape index (κ2) is 6.20. The van der Waals surface area contributed by atoms with Gasteiger partial charge in [-0.1, -0.05) is 0 Å². The van der Waals surface area contributed by atoms with E-state index in [1.807, 2.05) is 20.8 Å². The molecule has 5 heteroatoms. The molecule has 2 aliphatic rings. The van der Waals surface area contributed by atoms with Crippen LogP contribution in [0.1, 0.15) is 27.2 Å². The molecule has 0 aromatic carbocycles. The Bertz CT molecular complexity index is 308. The zero-order chi connectivity index (χ0) is 13.9. The summed E-state index contributed by atoms with van der Waals surface area (Å²) in [6, 6.07) is 0.466. The number of hydrogen-bond donors (Lipinski definition) is 2. The normalized spacial score (nSPS) is 30.1. The quantitative estimate of drug-likeness (QED) is 0.702. The molecule has 0 spiro atoms. The highest BCUT2D eigenvalue weighted by Gasteiger charge is 2.33. The van der Waals surface area contributed by atoms with Gasteiger partial charge >= 0.3 is 5.97 Å². The van der Waals surface area contributed by atoms with E-state index in [4.69, 9.17) is 4.74 Å². The Hall–Kier alpha value is -0.650. The number of hydrogen-bond acceptors (Lipinski definition) is 5. The van der Waals surface area contributed by atoms with Gasteiger partial charge in [0.2, 0.25) is 0 Å². The summed E-state index contributed by atoms with van der Waals surface area (Å²) >= 11 is 0. The second-order valence-corrected chi connectivity index (χ2v) is 6.56. The molecule has 0 amide bonds. The number of piperidine rings is 1. The summed E-state index contributed by atoms with van der Waals surface area (Å²) in [6.45, 7) is 11.8. The molecule has 2 fully saturated rings. The van der Waals surface area contributed by atoms with Crippen molar-refractivity contribution in [2.45, 2.75) is 38.8 Å². The highest BCUT2D eigenvalue weighted by Crippen LogP contribution is 2.20. The van der Waals surface area contributed by atoms with E-state index in [-0.39, 0.29) is 17.5 Å². The van der Waals surface area contributed by atoms with E-state index in [1.54, 1.807) is 0 Å². The van der Waals surface area contributed by atoms with Gasteiger partial charge in [0.25, 0.3) is 0 Å². The Labute approximate surface area is 116 Å². The molecule has 2 rings (SSSR count). The largest absolute Gasteiger partial charge is 0.460 e. The minimum Gasteiger partial charge on any atom is -0.460 e. The van der Waals surface area contributed by atoms with E-state index in [0.29, 0.717) is 6.04 Å². The number of carbonyl (C=O) groups is 1. The summed E-state index contributed by atoms with van der Waals surface area (Å²) < 4.78 is 5.50. The first kappa shape index (κ1) is 14.8. The van der Waals surface area contributed by atoms with Crippen LogP contribution >= 0.6 is 0 Å². The Morgan fingerprint density at radius 1 is 1.16 bits per heavy atom. The summed E-state index contributed by atoms with van der Waals surface area (Å²) in [5.74, 6) is -0.0623. The molecular weight excluding hydrogens is 242 g/mol. The van der Waals surface area contributed by atoms with Gasteiger partial charge in [0.1, 0.15) is 5.60 Å². The van der Waals surface area contributed by atoms with Crippen LogP contribution in [0.5, 0.6) is 0 Å². The third-order valence-electron chi connectivity index (χ3n) is 3.74. The number of carbonyl (C=O) groups excluding carboxylic acids is 1. The monoisotopic (exact) mass is 269 g/mol. The van der Waals surface area contributed by atoms with Crippen LogP contribution in [-0.4, -0.2) is 61.8 Å². The molecule has 2 saturated heterocycles. The number of piperazine rings is 1. The fourth-order valence-electron chi connectivity index (χ4n) is 2.81. The average Bonchev–Trinajstić information content (AvgIpc) is 2.38. The molecule has 2 aliphatic heterocycles. The highest BCUT2D eigenvalue weighted by molar-refractivity contribution is 5.73. The molecule has 0 unspecified atom stereocenters. The number of nitrogens with one attached hydrogen (secondary N) is 2. The van der Waals surface area contributed by atoms with Gasteiger partial charge in [-0.15, -0.1) is 0 Å². The van der Waals surface area contributed by atoms with Crippen molar-refractivity contribution in [2.75, 3.05) is 39.3 Å². The van der Waals surface area contributed by atoms with Crippen LogP contribution in [0, 0.1) is 5.92 Å². The first-order chi connectivity index (χ1) is 8.96. The fraction of sp³-hybridized carbons (Fsp3) is 0.929. The Kier molecular flexibility index (Phi) is 4.81. The van der Waals surface area contributed by atoms with Gasteiger partial charge in [0, 0.05) is 45.3 Å². The Balaban J connectivity index is 1.87. The molecule has 2 heterocycles. The third-order valence-corrected chi connectivity index (χ3v) is 3.74. The number of nitrogens with zero attached hydrogens (tertiary/aromatic N) is 1. The molecule has 19 heavy (non-hydrogen) atoms. The van der Waals surface area contributed by atoms with E-state index >= 15 is 0 Å². The zero-order valence-corrected chi connectivity index (χ0v) is 12.4. The smallest absolute Gasteiger partial charge is 0.310 e. The van der Waals surface area contributed by atoms with Crippen LogP contribution < -0.4 is 10.6 Å². The maximum Gasteiger partial charge on any atom is 0.310 e. The lowest BCUT2D eigenvalue weighted by molar-refractivity contribution is -0.161. The van der Waals surface area contributed by atoms with Crippen molar-refractivity contribution in [3.05, 3.63) is 0 Å². The van der Waals surface area contributed by atoms with Crippen LogP contribution in [0.3, 0.4) is 0 Å². The van der Waals surface area contributed by atoms with Crippen molar-refractivity contribution in [3.8, 4) is 0 Å². The summed E-state index contributed by atoms with van der Waals surface area (Å²) in [4.78, 5) is 14.6. The van der Waals surface area contributed by atoms with Crippen molar-refractivity contribution in [1.29, 1.82) is 0 Å². The molecule has 0 aromatic heterocycles. The van der Waals surface area contributed by atoms with Crippen LogP contribution in [-0.2, 0) is 9.53 Å². The molecule has 0 saturated carbocycles. The summed E-state index contributed by atoms with van der Waals surface area (Å²) in [5, 5.41) is 6.75. The molecule has 0 aromatic rings. The minimum atomic E-state index is -0.390. The highest BCUT2D eigenvalue weighted by atomic mass is 16.6.